The Bertz CT molecular complexity index is 488. The number of hydrogen-bond donors (Lipinski definition) is 2. The highest BCUT2D eigenvalue weighted by atomic mass is 16.5. The summed E-state index contributed by atoms with van der Waals surface area (Å²) in [4.78, 5) is 12.5. The molecule has 1 heterocycles. The van der Waals surface area contributed by atoms with Crippen molar-refractivity contribution in [2.45, 2.75) is 33.2 Å². The molecule has 1 saturated heterocycles. The monoisotopic (exact) mass is 290 g/mol. The SMILES string of the molecule is COc1ccccc1C(NC(=O)C1CCNC1)C(C)(C)C. The second kappa shape index (κ2) is 6.48. The first-order valence-electron chi connectivity index (χ1n) is 7.57. The minimum absolute atomic E-state index is 0.0678. The Kier molecular flexibility index (Phi) is 4.88. The lowest BCUT2D eigenvalue weighted by Crippen LogP contribution is -2.40. The topological polar surface area (TPSA) is 50.4 Å². The molecule has 2 atom stereocenters. The molecule has 0 aromatic heterocycles. The Balaban J connectivity index is 2.24. The van der Waals surface area contributed by atoms with Crippen LogP contribution < -0.4 is 15.4 Å². The number of hydrogen-bond acceptors (Lipinski definition) is 3. The number of ether oxygens (including phenoxy) is 1. The summed E-state index contributed by atoms with van der Waals surface area (Å²) < 4.78 is 5.46. The molecular weight excluding hydrogens is 264 g/mol. The van der Waals surface area contributed by atoms with Gasteiger partial charge >= 0.3 is 0 Å². The molecule has 0 bridgehead atoms. The van der Waals surface area contributed by atoms with Crippen molar-refractivity contribution in [2.75, 3.05) is 20.2 Å². The van der Waals surface area contributed by atoms with Crippen molar-refractivity contribution in [3.63, 3.8) is 0 Å². The van der Waals surface area contributed by atoms with Gasteiger partial charge in [0, 0.05) is 12.1 Å². The molecule has 1 aliphatic rings. The van der Waals surface area contributed by atoms with E-state index >= 15 is 0 Å². The molecule has 2 unspecified atom stereocenters. The lowest BCUT2D eigenvalue weighted by Gasteiger charge is -2.33. The van der Waals surface area contributed by atoms with Crippen molar-refractivity contribution < 1.29 is 9.53 Å². The maximum absolute atomic E-state index is 12.5. The van der Waals surface area contributed by atoms with Gasteiger partial charge in [0.1, 0.15) is 5.75 Å². The summed E-state index contributed by atoms with van der Waals surface area (Å²) in [5, 5.41) is 6.47. The Morgan fingerprint density at radius 2 is 2.10 bits per heavy atom. The van der Waals surface area contributed by atoms with Crippen LogP contribution in [0.4, 0.5) is 0 Å². The molecule has 4 nitrogen and oxygen atoms in total. The normalized spacial score (nSPS) is 20.1. The standard InChI is InChI=1S/C17H26N2O2/c1-17(2,3)15(13-7-5-6-8-14(13)21-4)19-16(20)12-9-10-18-11-12/h5-8,12,15,18H,9-11H2,1-4H3,(H,19,20). The van der Waals surface area contributed by atoms with Crippen LogP contribution in [0.25, 0.3) is 0 Å². The van der Waals surface area contributed by atoms with Crippen molar-refractivity contribution in [1.82, 2.24) is 10.6 Å². The summed E-state index contributed by atoms with van der Waals surface area (Å²) >= 11 is 0. The third kappa shape index (κ3) is 3.76. The largest absolute Gasteiger partial charge is 0.496 e. The van der Waals surface area contributed by atoms with Crippen LogP contribution in [-0.2, 0) is 4.79 Å². The van der Waals surface area contributed by atoms with Gasteiger partial charge in [0.2, 0.25) is 5.91 Å². The van der Waals surface area contributed by atoms with E-state index in [1.54, 1.807) is 7.11 Å². The fourth-order valence-electron chi connectivity index (χ4n) is 2.80. The molecule has 0 saturated carbocycles. The first kappa shape index (κ1) is 15.8. The van der Waals surface area contributed by atoms with Crippen LogP contribution in [0.5, 0.6) is 5.75 Å². The molecule has 1 aliphatic heterocycles. The minimum atomic E-state index is -0.0870. The smallest absolute Gasteiger partial charge is 0.224 e. The molecule has 0 radical (unpaired) electrons. The van der Waals surface area contributed by atoms with Gasteiger partial charge in [-0.3, -0.25) is 4.79 Å². The van der Waals surface area contributed by atoms with E-state index in [0.29, 0.717) is 0 Å². The van der Waals surface area contributed by atoms with Crippen molar-refractivity contribution in [1.29, 1.82) is 0 Å². The average Bonchev–Trinajstić information content (AvgIpc) is 2.97. The third-order valence-electron chi connectivity index (χ3n) is 4.03. The van der Waals surface area contributed by atoms with Crippen LogP contribution in [0.15, 0.2) is 24.3 Å². The predicted molar refractivity (Wildman–Crippen MR) is 84.3 cm³/mol. The Labute approximate surface area is 127 Å². The van der Waals surface area contributed by atoms with Gasteiger partial charge in [-0.1, -0.05) is 39.0 Å². The molecule has 2 rings (SSSR count). The summed E-state index contributed by atoms with van der Waals surface area (Å²) in [5.74, 6) is 1.03. The second-order valence-corrected chi connectivity index (χ2v) is 6.74. The van der Waals surface area contributed by atoms with E-state index < -0.39 is 0 Å². The van der Waals surface area contributed by atoms with Crippen molar-refractivity contribution in [3.05, 3.63) is 29.8 Å². The molecule has 1 amide bonds. The lowest BCUT2D eigenvalue weighted by atomic mass is 9.81. The number of amides is 1. The molecule has 1 fully saturated rings. The molecule has 21 heavy (non-hydrogen) atoms. The van der Waals surface area contributed by atoms with Crippen LogP contribution in [0, 0.1) is 11.3 Å². The van der Waals surface area contributed by atoms with E-state index in [0.717, 1.165) is 30.8 Å². The molecule has 0 spiro atoms. The van der Waals surface area contributed by atoms with E-state index in [1.165, 1.54) is 0 Å². The lowest BCUT2D eigenvalue weighted by molar-refractivity contribution is -0.126. The van der Waals surface area contributed by atoms with Crippen molar-refractivity contribution >= 4 is 5.91 Å². The van der Waals surface area contributed by atoms with E-state index in [9.17, 15) is 4.79 Å². The third-order valence-corrected chi connectivity index (χ3v) is 4.03. The molecule has 4 heteroatoms. The van der Waals surface area contributed by atoms with Crippen molar-refractivity contribution in [3.8, 4) is 5.75 Å². The fourth-order valence-corrected chi connectivity index (χ4v) is 2.80. The molecule has 2 N–H and O–H groups in total. The van der Waals surface area contributed by atoms with Crippen molar-refractivity contribution in [2.24, 2.45) is 11.3 Å². The molecule has 0 aliphatic carbocycles. The van der Waals surface area contributed by atoms with E-state index in [-0.39, 0.29) is 23.3 Å². The number of methoxy groups -OCH3 is 1. The molecule has 116 valence electrons. The zero-order valence-corrected chi connectivity index (χ0v) is 13.4. The number of benzene rings is 1. The van der Waals surface area contributed by atoms with Gasteiger partial charge in [0.05, 0.1) is 19.1 Å². The van der Waals surface area contributed by atoms with E-state index in [4.69, 9.17) is 4.74 Å². The van der Waals surface area contributed by atoms with E-state index in [1.807, 2.05) is 24.3 Å². The molecular formula is C17H26N2O2. The van der Waals surface area contributed by atoms with Gasteiger partial charge in [-0.2, -0.15) is 0 Å². The Hall–Kier alpha value is -1.55. The summed E-state index contributed by atoms with van der Waals surface area (Å²) in [5.41, 5.74) is 0.947. The highest BCUT2D eigenvalue weighted by Gasteiger charge is 2.32. The molecule has 1 aromatic carbocycles. The van der Waals surface area contributed by atoms with Gasteiger partial charge in [-0.15, -0.1) is 0 Å². The van der Waals surface area contributed by atoms with Gasteiger partial charge in [-0.05, 0) is 24.4 Å². The number of para-hydroxylation sites is 1. The van der Waals surface area contributed by atoms with Gasteiger partial charge < -0.3 is 15.4 Å². The van der Waals surface area contributed by atoms with Crippen LogP contribution in [-0.4, -0.2) is 26.1 Å². The maximum atomic E-state index is 12.5. The minimum Gasteiger partial charge on any atom is -0.496 e. The zero-order valence-electron chi connectivity index (χ0n) is 13.4. The fraction of sp³-hybridized carbons (Fsp3) is 0.588. The summed E-state index contributed by atoms with van der Waals surface area (Å²) in [6.45, 7) is 8.10. The van der Waals surface area contributed by atoms with Gasteiger partial charge in [-0.25, -0.2) is 0 Å². The highest BCUT2D eigenvalue weighted by molar-refractivity contribution is 5.80. The summed E-state index contributed by atoms with van der Waals surface area (Å²) in [7, 11) is 1.67. The Morgan fingerprint density at radius 3 is 2.67 bits per heavy atom. The van der Waals surface area contributed by atoms with E-state index in [2.05, 4.69) is 31.4 Å². The van der Waals surface area contributed by atoms with Gasteiger partial charge in [0.25, 0.3) is 0 Å². The first-order valence-corrected chi connectivity index (χ1v) is 7.57. The van der Waals surface area contributed by atoms with Crippen LogP contribution in [0.3, 0.4) is 0 Å². The maximum Gasteiger partial charge on any atom is 0.224 e. The average molecular weight is 290 g/mol. The number of carbonyl (C=O) groups is 1. The quantitative estimate of drug-likeness (QED) is 0.896. The number of carbonyl (C=O) groups excluding carboxylic acids is 1. The first-order chi connectivity index (χ1) is 9.93. The van der Waals surface area contributed by atoms with Gasteiger partial charge in [0.15, 0.2) is 0 Å². The highest BCUT2D eigenvalue weighted by Crippen LogP contribution is 2.37. The van der Waals surface area contributed by atoms with Crippen LogP contribution in [0.1, 0.15) is 38.8 Å². The summed E-state index contributed by atoms with van der Waals surface area (Å²) in [6.07, 6.45) is 0.911. The number of nitrogens with one attached hydrogen (secondary N) is 2. The predicted octanol–water partition coefficient (Wildman–Crippen LogP) is 2.51. The summed E-state index contributed by atoms with van der Waals surface area (Å²) in [6, 6.07) is 7.84. The second-order valence-electron chi connectivity index (χ2n) is 6.74. The zero-order chi connectivity index (χ0) is 15.5. The molecule has 1 aromatic rings. The number of rotatable bonds is 4. The van der Waals surface area contributed by atoms with Crippen LogP contribution >= 0.6 is 0 Å². The van der Waals surface area contributed by atoms with Crippen LogP contribution in [0.2, 0.25) is 0 Å². The Morgan fingerprint density at radius 1 is 1.38 bits per heavy atom.